The molecular formula is C15H31N3. The summed E-state index contributed by atoms with van der Waals surface area (Å²) in [4.78, 5) is 5.26. The monoisotopic (exact) mass is 253 g/mol. The van der Waals surface area contributed by atoms with Crippen molar-refractivity contribution >= 4 is 0 Å². The van der Waals surface area contributed by atoms with Crippen LogP contribution in [-0.4, -0.2) is 61.7 Å². The van der Waals surface area contributed by atoms with E-state index in [1.807, 2.05) is 0 Å². The molecular weight excluding hydrogens is 222 g/mol. The number of hydrogen-bond donors (Lipinski definition) is 1. The quantitative estimate of drug-likeness (QED) is 0.824. The Hall–Kier alpha value is -0.120. The Morgan fingerprint density at radius 3 is 2.78 bits per heavy atom. The van der Waals surface area contributed by atoms with E-state index in [4.69, 9.17) is 0 Å². The second kappa shape index (κ2) is 6.88. The molecule has 2 saturated heterocycles. The zero-order chi connectivity index (χ0) is 13.0. The molecule has 0 radical (unpaired) electrons. The van der Waals surface area contributed by atoms with Crippen molar-refractivity contribution in [1.82, 2.24) is 15.1 Å². The first-order valence-electron chi connectivity index (χ1n) is 7.85. The molecule has 3 heteroatoms. The van der Waals surface area contributed by atoms with E-state index < -0.39 is 0 Å². The van der Waals surface area contributed by atoms with Crippen molar-refractivity contribution in [1.29, 1.82) is 0 Å². The third-order valence-electron chi connectivity index (χ3n) is 4.99. The summed E-state index contributed by atoms with van der Waals surface area (Å²) in [6.45, 7) is 11.0. The zero-order valence-corrected chi connectivity index (χ0v) is 12.5. The average Bonchev–Trinajstić information content (AvgIpc) is 2.40. The van der Waals surface area contributed by atoms with Crippen LogP contribution in [0.1, 0.15) is 39.5 Å². The van der Waals surface area contributed by atoms with Crippen molar-refractivity contribution in [3.63, 3.8) is 0 Å². The summed E-state index contributed by atoms with van der Waals surface area (Å²) in [5, 5.41) is 3.55. The number of nitrogens with zero attached hydrogens (tertiary/aromatic N) is 2. The van der Waals surface area contributed by atoms with Crippen LogP contribution in [0, 0.1) is 5.92 Å². The number of likely N-dealkylation sites (tertiary alicyclic amines) is 1. The van der Waals surface area contributed by atoms with Gasteiger partial charge in [-0.25, -0.2) is 0 Å². The summed E-state index contributed by atoms with van der Waals surface area (Å²) < 4.78 is 0. The highest BCUT2D eigenvalue weighted by Crippen LogP contribution is 2.22. The van der Waals surface area contributed by atoms with E-state index in [1.165, 1.54) is 58.4 Å². The fraction of sp³-hybridized carbons (Fsp3) is 1.00. The summed E-state index contributed by atoms with van der Waals surface area (Å²) in [7, 11) is 2.27. The van der Waals surface area contributed by atoms with Gasteiger partial charge in [-0.15, -0.1) is 0 Å². The minimum Gasteiger partial charge on any atom is -0.316 e. The van der Waals surface area contributed by atoms with E-state index in [9.17, 15) is 0 Å². The lowest BCUT2D eigenvalue weighted by Gasteiger charge is -2.42. The highest BCUT2D eigenvalue weighted by molar-refractivity contribution is 4.84. The first kappa shape index (κ1) is 14.3. The highest BCUT2D eigenvalue weighted by Gasteiger charge is 2.28. The van der Waals surface area contributed by atoms with Crippen LogP contribution in [0.2, 0.25) is 0 Å². The average molecular weight is 253 g/mol. The van der Waals surface area contributed by atoms with Gasteiger partial charge in [0.05, 0.1) is 0 Å². The number of rotatable bonds is 4. The molecule has 18 heavy (non-hydrogen) atoms. The van der Waals surface area contributed by atoms with E-state index in [0.717, 1.165) is 18.0 Å². The molecule has 2 aliphatic heterocycles. The summed E-state index contributed by atoms with van der Waals surface area (Å²) in [6.07, 6.45) is 5.50. The Morgan fingerprint density at radius 2 is 2.17 bits per heavy atom. The smallest absolute Gasteiger partial charge is 0.0122 e. The van der Waals surface area contributed by atoms with Gasteiger partial charge in [0.1, 0.15) is 0 Å². The lowest BCUT2D eigenvalue weighted by Crippen LogP contribution is -2.49. The molecule has 106 valence electrons. The lowest BCUT2D eigenvalue weighted by molar-refractivity contribution is 0.0767. The number of hydrogen-bond acceptors (Lipinski definition) is 3. The molecule has 3 unspecified atom stereocenters. The van der Waals surface area contributed by atoms with Gasteiger partial charge in [-0.2, -0.15) is 0 Å². The minimum atomic E-state index is 0.752. The predicted molar refractivity (Wildman–Crippen MR) is 78.0 cm³/mol. The van der Waals surface area contributed by atoms with Gasteiger partial charge in [-0.05, 0) is 71.8 Å². The topological polar surface area (TPSA) is 18.5 Å². The second-order valence-electron chi connectivity index (χ2n) is 6.31. The summed E-state index contributed by atoms with van der Waals surface area (Å²) in [5.74, 6) is 0.883. The van der Waals surface area contributed by atoms with Crippen LogP contribution in [0.25, 0.3) is 0 Å². The van der Waals surface area contributed by atoms with Crippen molar-refractivity contribution < 1.29 is 0 Å². The Balaban J connectivity index is 1.83. The van der Waals surface area contributed by atoms with Crippen LogP contribution in [-0.2, 0) is 0 Å². The Morgan fingerprint density at radius 1 is 1.33 bits per heavy atom. The van der Waals surface area contributed by atoms with Gasteiger partial charge in [-0.1, -0.05) is 6.92 Å². The molecule has 2 aliphatic rings. The molecule has 0 aromatic heterocycles. The first-order chi connectivity index (χ1) is 8.70. The lowest BCUT2D eigenvalue weighted by atomic mass is 9.94. The molecule has 3 nitrogen and oxygen atoms in total. The van der Waals surface area contributed by atoms with Crippen LogP contribution in [0.15, 0.2) is 0 Å². The largest absolute Gasteiger partial charge is 0.316 e. The Labute approximate surface area is 113 Å². The molecule has 1 N–H and O–H groups in total. The van der Waals surface area contributed by atoms with E-state index in [-0.39, 0.29) is 0 Å². The third-order valence-corrected chi connectivity index (χ3v) is 4.99. The van der Waals surface area contributed by atoms with Crippen LogP contribution >= 0.6 is 0 Å². The zero-order valence-electron chi connectivity index (χ0n) is 12.5. The molecule has 2 fully saturated rings. The molecule has 0 aromatic carbocycles. The predicted octanol–water partition coefficient (Wildman–Crippen LogP) is 1.79. The molecule has 0 spiro atoms. The van der Waals surface area contributed by atoms with Gasteiger partial charge in [0, 0.05) is 18.6 Å². The molecule has 2 rings (SSSR count). The van der Waals surface area contributed by atoms with Gasteiger partial charge < -0.3 is 15.1 Å². The second-order valence-corrected chi connectivity index (χ2v) is 6.31. The van der Waals surface area contributed by atoms with Crippen LogP contribution < -0.4 is 5.32 Å². The van der Waals surface area contributed by atoms with Gasteiger partial charge in [0.25, 0.3) is 0 Å². The molecule has 0 aliphatic carbocycles. The first-order valence-corrected chi connectivity index (χ1v) is 7.85. The Kier molecular flexibility index (Phi) is 5.46. The van der Waals surface area contributed by atoms with Gasteiger partial charge in [0.2, 0.25) is 0 Å². The van der Waals surface area contributed by atoms with Crippen molar-refractivity contribution in [2.24, 2.45) is 5.92 Å². The fourth-order valence-electron chi connectivity index (χ4n) is 3.54. The summed E-state index contributed by atoms with van der Waals surface area (Å²) >= 11 is 0. The third kappa shape index (κ3) is 3.69. The van der Waals surface area contributed by atoms with Crippen molar-refractivity contribution in [2.45, 2.75) is 51.6 Å². The maximum Gasteiger partial charge on any atom is 0.0122 e. The van der Waals surface area contributed by atoms with E-state index in [1.54, 1.807) is 0 Å². The normalized spacial score (nSPS) is 35.0. The number of piperidine rings is 2. The maximum atomic E-state index is 3.55. The molecule has 0 amide bonds. The Bertz CT molecular complexity index is 238. The minimum absolute atomic E-state index is 0.752. The summed E-state index contributed by atoms with van der Waals surface area (Å²) in [5.41, 5.74) is 0. The van der Waals surface area contributed by atoms with Crippen molar-refractivity contribution in [3.8, 4) is 0 Å². The van der Waals surface area contributed by atoms with Crippen LogP contribution in [0.4, 0.5) is 0 Å². The van der Waals surface area contributed by atoms with Crippen molar-refractivity contribution in [2.75, 3.05) is 39.8 Å². The maximum absolute atomic E-state index is 3.55. The molecule has 2 heterocycles. The van der Waals surface area contributed by atoms with Crippen LogP contribution in [0.3, 0.4) is 0 Å². The standard InChI is InChI=1S/C15H31N3/c1-4-18(12-14-6-5-8-16-11-14)15-7-9-17(3)13(2)10-15/h13-16H,4-12H2,1-3H3. The van der Waals surface area contributed by atoms with E-state index >= 15 is 0 Å². The molecule has 0 bridgehead atoms. The fourth-order valence-corrected chi connectivity index (χ4v) is 3.54. The van der Waals surface area contributed by atoms with Crippen LogP contribution in [0.5, 0.6) is 0 Å². The van der Waals surface area contributed by atoms with Crippen molar-refractivity contribution in [3.05, 3.63) is 0 Å². The van der Waals surface area contributed by atoms with Gasteiger partial charge >= 0.3 is 0 Å². The van der Waals surface area contributed by atoms with Gasteiger partial charge in [-0.3, -0.25) is 0 Å². The number of nitrogens with one attached hydrogen (secondary N) is 1. The van der Waals surface area contributed by atoms with E-state index in [0.29, 0.717) is 0 Å². The van der Waals surface area contributed by atoms with Gasteiger partial charge in [0.15, 0.2) is 0 Å². The SMILES string of the molecule is CCN(CC1CCCNC1)C1CCN(C)C(C)C1. The molecule has 0 aromatic rings. The molecule has 0 saturated carbocycles. The molecule has 3 atom stereocenters. The summed E-state index contributed by atoms with van der Waals surface area (Å²) in [6, 6.07) is 1.57. The highest BCUT2D eigenvalue weighted by atomic mass is 15.2. The van der Waals surface area contributed by atoms with E-state index in [2.05, 4.69) is 36.0 Å².